The van der Waals surface area contributed by atoms with Gasteiger partial charge in [-0.3, -0.25) is 4.90 Å². The number of nitrogens with zero attached hydrogens (tertiary/aromatic N) is 1. The summed E-state index contributed by atoms with van der Waals surface area (Å²) in [5.74, 6) is 0. The van der Waals surface area contributed by atoms with E-state index in [1.165, 1.54) is 16.8 Å². The molecule has 2 N–H and O–H groups in total. The van der Waals surface area contributed by atoms with Crippen LogP contribution in [0.5, 0.6) is 0 Å². The molecule has 18 heavy (non-hydrogen) atoms. The largest absolute Gasteiger partial charge is 0.394 e. The van der Waals surface area contributed by atoms with Gasteiger partial charge < -0.3 is 15.2 Å². The van der Waals surface area contributed by atoms with Crippen molar-refractivity contribution in [2.45, 2.75) is 19.1 Å². The summed E-state index contributed by atoms with van der Waals surface area (Å²) in [4.78, 5) is 2.36. The zero-order valence-corrected chi connectivity index (χ0v) is 10.6. The van der Waals surface area contributed by atoms with E-state index in [0.29, 0.717) is 6.61 Å². The number of morpholine rings is 1. The van der Waals surface area contributed by atoms with Crippen LogP contribution in [0, 0.1) is 0 Å². The number of nitrogens with one attached hydrogen (secondary N) is 1. The number of rotatable bonds is 3. The van der Waals surface area contributed by atoms with Gasteiger partial charge in [0.2, 0.25) is 0 Å². The van der Waals surface area contributed by atoms with Gasteiger partial charge in [-0.2, -0.15) is 0 Å². The van der Waals surface area contributed by atoms with E-state index >= 15 is 0 Å². The molecule has 1 saturated heterocycles. The summed E-state index contributed by atoms with van der Waals surface area (Å²) < 4.78 is 5.48. The van der Waals surface area contributed by atoms with Gasteiger partial charge in [-0.05, 0) is 17.5 Å². The lowest BCUT2D eigenvalue weighted by molar-refractivity contribution is -0.0550. The van der Waals surface area contributed by atoms with E-state index in [4.69, 9.17) is 9.84 Å². The van der Waals surface area contributed by atoms with E-state index in [2.05, 4.69) is 28.4 Å². The maximum absolute atomic E-state index is 9.17. The average Bonchev–Trinajstić information content (AvgIpc) is 2.88. The summed E-state index contributed by atoms with van der Waals surface area (Å²) in [5.41, 5.74) is 4.12. The van der Waals surface area contributed by atoms with Crippen molar-refractivity contribution in [2.75, 3.05) is 38.2 Å². The Kier molecular flexibility index (Phi) is 3.50. The smallest absolute Gasteiger partial charge is 0.0933 e. The Morgan fingerprint density at radius 3 is 3.28 bits per heavy atom. The standard InChI is InChI=1S/C14H20N2O2/c17-10-13-9-16(6-7-18-13)8-12-3-1-2-11-4-5-15-14(11)12/h1-3,13,15,17H,4-10H2. The summed E-state index contributed by atoms with van der Waals surface area (Å²) in [5, 5.41) is 12.6. The first kappa shape index (κ1) is 12.0. The number of aliphatic hydroxyl groups is 1. The molecule has 1 aromatic carbocycles. The van der Waals surface area contributed by atoms with Crippen molar-refractivity contribution in [2.24, 2.45) is 0 Å². The Morgan fingerprint density at radius 2 is 2.39 bits per heavy atom. The highest BCUT2D eigenvalue weighted by Gasteiger charge is 2.21. The fourth-order valence-corrected chi connectivity index (χ4v) is 2.82. The van der Waals surface area contributed by atoms with Crippen molar-refractivity contribution in [3.63, 3.8) is 0 Å². The van der Waals surface area contributed by atoms with Crippen LogP contribution < -0.4 is 5.32 Å². The molecule has 0 amide bonds. The van der Waals surface area contributed by atoms with Crippen LogP contribution in [0.2, 0.25) is 0 Å². The number of hydrogen-bond donors (Lipinski definition) is 2. The van der Waals surface area contributed by atoms with Crippen molar-refractivity contribution in [3.8, 4) is 0 Å². The molecular formula is C14H20N2O2. The maximum atomic E-state index is 9.17. The number of aliphatic hydroxyl groups excluding tert-OH is 1. The Balaban J connectivity index is 1.71. The van der Waals surface area contributed by atoms with Gasteiger partial charge in [-0.15, -0.1) is 0 Å². The van der Waals surface area contributed by atoms with E-state index in [1.54, 1.807) is 0 Å². The monoisotopic (exact) mass is 248 g/mol. The molecular weight excluding hydrogens is 228 g/mol. The molecule has 4 heteroatoms. The predicted molar refractivity (Wildman–Crippen MR) is 70.7 cm³/mol. The minimum atomic E-state index is -0.0246. The van der Waals surface area contributed by atoms with Gasteiger partial charge in [0.05, 0.1) is 19.3 Å². The first-order valence-corrected chi connectivity index (χ1v) is 6.66. The number of para-hydroxylation sites is 1. The minimum Gasteiger partial charge on any atom is -0.394 e. The molecule has 2 heterocycles. The Bertz CT molecular complexity index is 422. The zero-order chi connectivity index (χ0) is 12.4. The summed E-state index contributed by atoms with van der Waals surface area (Å²) in [6, 6.07) is 6.54. The van der Waals surface area contributed by atoms with Crippen LogP contribution in [-0.4, -0.2) is 49.0 Å². The molecule has 98 valence electrons. The van der Waals surface area contributed by atoms with E-state index in [9.17, 15) is 0 Å². The van der Waals surface area contributed by atoms with E-state index in [0.717, 1.165) is 32.6 Å². The minimum absolute atomic E-state index is 0.0246. The summed E-state index contributed by atoms with van der Waals surface area (Å²) >= 11 is 0. The van der Waals surface area contributed by atoms with Gasteiger partial charge in [-0.1, -0.05) is 18.2 Å². The molecule has 2 aliphatic rings. The van der Waals surface area contributed by atoms with E-state index in [-0.39, 0.29) is 12.7 Å². The molecule has 1 atom stereocenters. The second kappa shape index (κ2) is 5.26. The third kappa shape index (κ3) is 2.36. The molecule has 3 rings (SSSR count). The van der Waals surface area contributed by atoms with Crippen LogP contribution in [0.25, 0.3) is 0 Å². The molecule has 0 saturated carbocycles. The molecule has 1 unspecified atom stereocenters. The van der Waals surface area contributed by atoms with E-state index < -0.39 is 0 Å². The maximum Gasteiger partial charge on any atom is 0.0933 e. The molecule has 2 aliphatic heterocycles. The van der Waals surface area contributed by atoms with Crippen LogP contribution in [0.4, 0.5) is 5.69 Å². The number of ether oxygens (including phenoxy) is 1. The molecule has 0 radical (unpaired) electrons. The summed E-state index contributed by atoms with van der Waals surface area (Å²) in [7, 11) is 0. The number of hydrogen-bond acceptors (Lipinski definition) is 4. The van der Waals surface area contributed by atoms with Crippen LogP contribution in [0.15, 0.2) is 18.2 Å². The first-order valence-electron chi connectivity index (χ1n) is 6.66. The van der Waals surface area contributed by atoms with Crippen LogP contribution in [-0.2, 0) is 17.7 Å². The van der Waals surface area contributed by atoms with E-state index in [1.807, 2.05) is 0 Å². The molecule has 1 fully saturated rings. The van der Waals surface area contributed by atoms with Crippen molar-refractivity contribution >= 4 is 5.69 Å². The normalized spacial score (nSPS) is 23.7. The van der Waals surface area contributed by atoms with Crippen molar-refractivity contribution in [3.05, 3.63) is 29.3 Å². The molecule has 0 aliphatic carbocycles. The van der Waals surface area contributed by atoms with Crippen LogP contribution in [0.3, 0.4) is 0 Å². The first-order chi connectivity index (χ1) is 8.86. The third-order valence-electron chi connectivity index (χ3n) is 3.75. The third-order valence-corrected chi connectivity index (χ3v) is 3.75. The van der Waals surface area contributed by atoms with Crippen LogP contribution in [0.1, 0.15) is 11.1 Å². The fraction of sp³-hybridized carbons (Fsp3) is 0.571. The van der Waals surface area contributed by atoms with Crippen molar-refractivity contribution in [1.29, 1.82) is 0 Å². The van der Waals surface area contributed by atoms with Gasteiger partial charge in [0.25, 0.3) is 0 Å². The number of anilines is 1. The highest BCUT2D eigenvalue weighted by Crippen LogP contribution is 2.27. The summed E-state index contributed by atoms with van der Waals surface area (Å²) in [6.45, 7) is 4.58. The zero-order valence-electron chi connectivity index (χ0n) is 10.6. The lowest BCUT2D eigenvalue weighted by Crippen LogP contribution is -2.43. The Labute approximate surface area is 108 Å². The molecule has 0 bridgehead atoms. The van der Waals surface area contributed by atoms with Gasteiger partial charge in [-0.25, -0.2) is 0 Å². The lowest BCUT2D eigenvalue weighted by Gasteiger charge is -2.32. The molecule has 1 aromatic rings. The fourth-order valence-electron chi connectivity index (χ4n) is 2.82. The van der Waals surface area contributed by atoms with Crippen LogP contribution >= 0.6 is 0 Å². The quantitative estimate of drug-likeness (QED) is 0.832. The number of benzene rings is 1. The molecule has 0 aromatic heterocycles. The molecule has 0 spiro atoms. The van der Waals surface area contributed by atoms with Gasteiger partial charge >= 0.3 is 0 Å². The van der Waals surface area contributed by atoms with Gasteiger partial charge in [0.15, 0.2) is 0 Å². The second-order valence-electron chi connectivity index (χ2n) is 5.04. The average molecular weight is 248 g/mol. The van der Waals surface area contributed by atoms with Gasteiger partial charge in [0.1, 0.15) is 0 Å². The number of fused-ring (bicyclic) bond motifs is 1. The van der Waals surface area contributed by atoms with Crippen molar-refractivity contribution in [1.82, 2.24) is 4.90 Å². The second-order valence-corrected chi connectivity index (χ2v) is 5.04. The Hall–Kier alpha value is -1.10. The van der Waals surface area contributed by atoms with Gasteiger partial charge in [0, 0.05) is 31.9 Å². The highest BCUT2D eigenvalue weighted by atomic mass is 16.5. The predicted octanol–water partition coefficient (Wildman–Crippen LogP) is 0.848. The SMILES string of the molecule is OCC1CN(Cc2cccc3c2NCC3)CCO1. The molecule has 4 nitrogen and oxygen atoms in total. The topological polar surface area (TPSA) is 44.7 Å². The Morgan fingerprint density at radius 1 is 1.44 bits per heavy atom. The summed E-state index contributed by atoms with van der Waals surface area (Å²) in [6.07, 6.45) is 1.11. The van der Waals surface area contributed by atoms with Crippen molar-refractivity contribution < 1.29 is 9.84 Å². The highest BCUT2D eigenvalue weighted by molar-refractivity contribution is 5.61. The lowest BCUT2D eigenvalue weighted by atomic mass is 10.1.